The highest BCUT2D eigenvalue weighted by Crippen LogP contribution is 2.43. The second kappa shape index (κ2) is 10.8. The minimum atomic E-state index is -3.53. The molecular formula is C30H40N6O4S. The minimum absolute atomic E-state index is 0.198. The van der Waals surface area contributed by atoms with Crippen LogP contribution in [0.25, 0.3) is 16.8 Å². The first-order valence-electron chi connectivity index (χ1n) is 14.1. The molecule has 2 N–H and O–H groups in total. The molecular weight excluding hydrogens is 540 g/mol. The van der Waals surface area contributed by atoms with Crippen molar-refractivity contribution >= 4 is 27.5 Å². The molecule has 1 aromatic carbocycles. The standard InChI is InChI=1S/C30H40N6O4S/c1-19(31-5)28(37)33-26(30(2,3)4)29(38)35-16-14-24-25(35)22(17-36(24)41(6,39)40)23-18-34-15-10-13-21(27(34)32-23)20-11-8-7-9-12-20/h7-13,15,18-19,22,24-26,31H,14,16-17H2,1-6H3,(H,33,37). The van der Waals surface area contributed by atoms with Gasteiger partial charge < -0.3 is 19.9 Å². The fourth-order valence-electron chi connectivity index (χ4n) is 6.21. The molecule has 2 amide bonds. The van der Waals surface area contributed by atoms with E-state index >= 15 is 0 Å². The van der Waals surface area contributed by atoms with Crippen molar-refractivity contribution in [2.75, 3.05) is 26.4 Å². The van der Waals surface area contributed by atoms with Crippen LogP contribution in [0, 0.1) is 5.41 Å². The number of carbonyl (C=O) groups excluding carboxylic acids is 2. The maximum Gasteiger partial charge on any atom is 0.246 e. The van der Waals surface area contributed by atoms with Crippen molar-refractivity contribution in [1.29, 1.82) is 0 Å². The lowest BCUT2D eigenvalue weighted by Gasteiger charge is -2.37. The molecule has 2 aliphatic heterocycles. The van der Waals surface area contributed by atoms with Gasteiger partial charge in [0, 0.05) is 43.0 Å². The summed E-state index contributed by atoms with van der Waals surface area (Å²) in [5.41, 5.74) is 2.97. The number of nitrogens with one attached hydrogen (secondary N) is 2. The van der Waals surface area contributed by atoms with E-state index in [4.69, 9.17) is 4.98 Å². The zero-order valence-corrected chi connectivity index (χ0v) is 25.4. The first kappa shape index (κ1) is 29.2. The SMILES string of the molecule is CNC(C)C(=O)NC(C(=O)N1CCC2C1C(c1cn3cccc(-c4ccccc4)c3n1)CN2S(C)(=O)=O)C(C)(C)C. The number of sulfonamides is 1. The summed E-state index contributed by atoms with van der Waals surface area (Å²) in [6, 6.07) is 12.0. The number of rotatable bonds is 7. The fourth-order valence-corrected chi connectivity index (χ4v) is 7.36. The molecule has 5 unspecified atom stereocenters. The van der Waals surface area contributed by atoms with Crippen molar-refractivity contribution in [3.8, 4) is 11.1 Å². The number of aromatic nitrogens is 2. The minimum Gasteiger partial charge on any atom is -0.342 e. The molecule has 0 spiro atoms. The first-order chi connectivity index (χ1) is 19.3. The molecule has 41 heavy (non-hydrogen) atoms. The van der Waals surface area contributed by atoms with Crippen LogP contribution in [0.4, 0.5) is 0 Å². The monoisotopic (exact) mass is 580 g/mol. The molecule has 0 aliphatic carbocycles. The van der Waals surface area contributed by atoms with Crippen LogP contribution in [0.5, 0.6) is 0 Å². The molecule has 0 bridgehead atoms. The van der Waals surface area contributed by atoms with E-state index in [1.807, 2.05) is 80.0 Å². The smallest absolute Gasteiger partial charge is 0.246 e. The number of benzene rings is 1. The molecule has 3 aromatic rings. The number of likely N-dealkylation sites (tertiary alicyclic amines) is 1. The molecule has 11 heteroatoms. The van der Waals surface area contributed by atoms with Gasteiger partial charge in [0.15, 0.2) is 0 Å². The highest BCUT2D eigenvalue weighted by Gasteiger charge is 2.55. The molecule has 10 nitrogen and oxygen atoms in total. The van der Waals surface area contributed by atoms with Gasteiger partial charge >= 0.3 is 0 Å². The third-order valence-electron chi connectivity index (χ3n) is 8.48. The van der Waals surface area contributed by atoms with Gasteiger partial charge in [0.25, 0.3) is 0 Å². The third kappa shape index (κ3) is 5.50. The van der Waals surface area contributed by atoms with E-state index in [2.05, 4.69) is 10.6 Å². The van der Waals surface area contributed by atoms with E-state index in [0.29, 0.717) is 13.0 Å². The van der Waals surface area contributed by atoms with Gasteiger partial charge in [-0.3, -0.25) is 9.59 Å². The Labute approximate surface area is 242 Å². The number of amides is 2. The Morgan fingerprint density at radius 3 is 2.44 bits per heavy atom. The second-order valence-corrected chi connectivity index (χ2v) is 14.3. The molecule has 2 aliphatic rings. The fraction of sp³-hybridized carbons (Fsp3) is 0.500. The predicted octanol–water partition coefficient (Wildman–Crippen LogP) is 2.47. The maximum absolute atomic E-state index is 14.2. The Balaban J connectivity index is 1.54. The second-order valence-electron chi connectivity index (χ2n) is 12.3. The van der Waals surface area contributed by atoms with Crippen LogP contribution < -0.4 is 10.6 Å². The van der Waals surface area contributed by atoms with Crippen LogP contribution in [-0.2, 0) is 19.6 Å². The summed E-state index contributed by atoms with van der Waals surface area (Å²) in [5, 5.41) is 5.89. The van der Waals surface area contributed by atoms with Crippen LogP contribution in [0.3, 0.4) is 0 Å². The quantitative estimate of drug-likeness (QED) is 0.444. The van der Waals surface area contributed by atoms with Crippen LogP contribution >= 0.6 is 0 Å². The van der Waals surface area contributed by atoms with Gasteiger partial charge in [0.1, 0.15) is 11.7 Å². The zero-order chi connectivity index (χ0) is 29.7. The predicted molar refractivity (Wildman–Crippen MR) is 159 cm³/mol. The van der Waals surface area contributed by atoms with Crippen LogP contribution in [0.2, 0.25) is 0 Å². The summed E-state index contributed by atoms with van der Waals surface area (Å²) in [6.07, 6.45) is 5.64. The number of pyridine rings is 1. The summed E-state index contributed by atoms with van der Waals surface area (Å²) in [5.74, 6) is -0.779. The van der Waals surface area contributed by atoms with Gasteiger partial charge in [-0.1, -0.05) is 51.1 Å². The Bertz CT molecular complexity index is 1550. The Kier molecular flexibility index (Phi) is 7.73. The van der Waals surface area contributed by atoms with Crippen molar-refractivity contribution in [2.24, 2.45) is 5.41 Å². The molecule has 2 aromatic heterocycles. The lowest BCUT2D eigenvalue weighted by molar-refractivity contribution is -0.140. The van der Waals surface area contributed by atoms with Crippen molar-refractivity contribution < 1.29 is 18.0 Å². The Morgan fingerprint density at radius 1 is 1.10 bits per heavy atom. The molecule has 2 saturated heterocycles. The van der Waals surface area contributed by atoms with Crippen LogP contribution in [0.15, 0.2) is 54.9 Å². The zero-order valence-electron chi connectivity index (χ0n) is 24.5. The summed E-state index contributed by atoms with van der Waals surface area (Å²) in [4.78, 5) is 33.9. The summed E-state index contributed by atoms with van der Waals surface area (Å²) < 4.78 is 29.3. The van der Waals surface area contributed by atoms with E-state index in [-0.39, 0.29) is 30.3 Å². The average molecular weight is 581 g/mol. The van der Waals surface area contributed by atoms with Crippen LogP contribution in [0.1, 0.15) is 45.7 Å². The molecule has 5 rings (SSSR count). The number of hydrogen-bond acceptors (Lipinski definition) is 6. The molecule has 0 radical (unpaired) electrons. The lowest BCUT2D eigenvalue weighted by atomic mass is 9.85. The van der Waals surface area contributed by atoms with E-state index in [9.17, 15) is 18.0 Å². The summed E-state index contributed by atoms with van der Waals surface area (Å²) in [7, 11) is -1.83. The summed E-state index contributed by atoms with van der Waals surface area (Å²) >= 11 is 0. The lowest BCUT2D eigenvalue weighted by Crippen LogP contribution is -2.59. The Hall–Kier alpha value is -3.28. The highest BCUT2D eigenvalue weighted by molar-refractivity contribution is 7.88. The van der Waals surface area contributed by atoms with Gasteiger partial charge in [-0.05, 0) is 43.5 Å². The topological polar surface area (TPSA) is 116 Å². The number of carbonyl (C=O) groups is 2. The van der Waals surface area contributed by atoms with Crippen molar-refractivity contribution in [3.05, 3.63) is 60.6 Å². The Morgan fingerprint density at radius 2 is 1.80 bits per heavy atom. The highest BCUT2D eigenvalue weighted by atomic mass is 32.2. The normalized spacial score (nSPS) is 23.0. The molecule has 2 fully saturated rings. The van der Waals surface area contributed by atoms with Crippen LogP contribution in [-0.4, -0.2) is 89.4 Å². The number of fused-ring (bicyclic) bond motifs is 2. The average Bonchev–Trinajstić information content (AvgIpc) is 3.64. The van der Waals surface area contributed by atoms with Gasteiger partial charge in [-0.15, -0.1) is 0 Å². The number of likely N-dealkylation sites (N-methyl/N-ethyl adjacent to an activating group) is 1. The summed E-state index contributed by atoms with van der Waals surface area (Å²) in [6.45, 7) is 8.17. The van der Waals surface area contributed by atoms with E-state index in [0.717, 1.165) is 22.5 Å². The molecule has 0 saturated carbocycles. The van der Waals surface area contributed by atoms with E-state index in [1.54, 1.807) is 18.9 Å². The largest absolute Gasteiger partial charge is 0.342 e. The molecule has 5 atom stereocenters. The van der Waals surface area contributed by atoms with E-state index < -0.39 is 33.6 Å². The number of nitrogens with zero attached hydrogens (tertiary/aromatic N) is 4. The first-order valence-corrected chi connectivity index (χ1v) is 15.9. The van der Waals surface area contributed by atoms with Gasteiger partial charge in [-0.2, -0.15) is 4.31 Å². The molecule has 220 valence electrons. The van der Waals surface area contributed by atoms with Gasteiger partial charge in [-0.25, -0.2) is 13.4 Å². The van der Waals surface area contributed by atoms with Gasteiger partial charge in [0.2, 0.25) is 21.8 Å². The van der Waals surface area contributed by atoms with E-state index in [1.165, 1.54) is 10.6 Å². The van der Waals surface area contributed by atoms with Crippen molar-refractivity contribution in [2.45, 2.75) is 64.2 Å². The number of imidazole rings is 1. The third-order valence-corrected chi connectivity index (χ3v) is 9.75. The molecule has 4 heterocycles. The van der Waals surface area contributed by atoms with Crippen molar-refractivity contribution in [1.82, 2.24) is 29.2 Å². The maximum atomic E-state index is 14.2. The van der Waals surface area contributed by atoms with Crippen molar-refractivity contribution in [3.63, 3.8) is 0 Å². The van der Waals surface area contributed by atoms with Gasteiger partial charge in [0.05, 0.1) is 24.0 Å². The number of hydrogen-bond donors (Lipinski definition) is 2.